The molecule has 3 heterocycles. The molecule has 1 saturated carbocycles. The summed E-state index contributed by atoms with van der Waals surface area (Å²) < 4.78 is 36.1. The summed E-state index contributed by atoms with van der Waals surface area (Å²) in [7, 11) is 0. The van der Waals surface area contributed by atoms with E-state index in [1.165, 1.54) is 24.6 Å². The molecule has 2 spiro atoms. The molecule has 3 fully saturated rings. The number of carbonyl (C=O) groups excluding carboxylic acids is 3. The summed E-state index contributed by atoms with van der Waals surface area (Å²) in [5.41, 5.74) is 0.234. The lowest BCUT2D eigenvalue weighted by molar-refractivity contribution is -0.232. The van der Waals surface area contributed by atoms with Crippen LogP contribution in [0.2, 0.25) is 0 Å². The highest BCUT2D eigenvalue weighted by Gasteiger charge is 2.83. The Morgan fingerprint density at radius 2 is 1.85 bits per heavy atom. The molecule has 5 rings (SSSR count). The number of ether oxygens (including phenoxy) is 6. The third-order valence-electron chi connectivity index (χ3n) is 9.58. The predicted molar refractivity (Wildman–Crippen MR) is 144 cm³/mol. The second kappa shape index (κ2) is 10.9. The molecule has 3 aliphatic heterocycles. The number of cyclic esters (lactones) is 1. The van der Waals surface area contributed by atoms with Crippen molar-refractivity contribution in [2.24, 2.45) is 10.8 Å². The maximum atomic E-state index is 13.1. The van der Waals surface area contributed by atoms with Gasteiger partial charge < -0.3 is 28.4 Å². The molecular formula is C31H40O9. The Labute approximate surface area is 235 Å². The van der Waals surface area contributed by atoms with E-state index in [1.54, 1.807) is 25.2 Å². The SMILES string of the molecule is CC(=O)O[C@H](C)[C@H]1C=CC=CC(=O)O[C@@H]2C[C@H]3O[C@@H]4C=C(C)CC[C@]4(COC(=O)C=C(C)CCO1)[C@]2(C)[C@]31CO1. The van der Waals surface area contributed by atoms with Gasteiger partial charge in [-0.3, -0.25) is 4.79 Å². The number of hydrogen-bond acceptors (Lipinski definition) is 9. The molecule has 0 N–H and O–H groups in total. The van der Waals surface area contributed by atoms with E-state index in [9.17, 15) is 14.4 Å². The van der Waals surface area contributed by atoms with Crippen LogP contribution >= 0.6 is 0 Å². The highest BCUT2D eigenvalue weighted by atomic mass is 16.6. The fourth-order valence-electron chi connectivity index (χ4n) is 7.17. The van der Waals surface area contributed by atoms with Crippen LogP contribution in [0.1, 0.15) is 60.3 Å². The third kappa shape index (κ3) is 4.97. The predicted octanol–water partition coefficient (Wildman–Crippen LogP) is 3.91. The van der Waals surface area contributed by atoms with Crippen molar-refractivity contribution in [1.82, 2.24) is 0 Å². The van der Waals surface area contributed by atoms with Crippen molar-refractivity contribution in [1.29, 1.82) is 0 Å². The molecule has 218 valence electrons. The lowest BCUT2D eigenvalue weighted by Crippen LogP contribution is -2.66. The number of carbonyl (C=O) groups is 3. The minimum Gasteiger partial charge on any atom is -0.462 e. The van der Waals surface area contributed by atoms with Crippen LogP contribution in [0.15, 0.2) is 47.6 Å². The Bertz CT molecular complexity index is 1160. The molecule has 9 heteroatoms. The molecule has 0 aromatic carbocycles. The van der Waals surface area contributed by atoms with Gasteiger partial charge in [0.1, 0.15) is 30.5 Å². The van der Waals surface area contributed by atoms with Crippen LogP contribution < -0.4 is 0 Å². The van der Waals surface area contributed by atoms with E-state index < -0.39 is 52.7 Å². The van der Waals surface area contributed by atoms with E-state index in [0.29, 0.717) is 26.1 Å². The second-order valence-corrected chi connectivity index (χ2v) is 12.0. The molecule has 2 saturated heterocycles. The lowest BCUT2D eigenvalue weighted by atomic mass is 9.51. The number of hydrogen-bond donors (Lipinski definition) is 0. The van der Waals surface area contributed by atoms with Crippen molar-refractivity contribution in [3.05, 3.63) is 47.6 Å². The first-order valence-corrected chi connectivity index (χ1v) is 14.2. The quantitative estimate of drug-likeness (QED) is 0.216. The highest BCUT2D eigenvalue weighted by Crippen LogP contribution is 2.72. The molecule has 2 bridgehead atoms. The number of epoxide rings is 1. The maximum Gasteiger partial charge on any atom is 0.331 e. The van der Waals surface area contributed by atoms with Crippen molar-refractivity contribution in [3.8, 4) is 0 Å². The van der Waals surface area contributed by atoms with E-state index in [2.05, 4.69) is 19.9 Å². The number of rotatable bonds is 2. The zero-order valence-electron chi connectivity index (χ0n) is 24.0. The summed E-state index contributed by atoms with van der Waals surface area (Å²) >= 11 is 0. The Kier molecular flexibility index (Phi) is 7.85. The van der Waals surface area contributed by atoms with Gasteiger partial charge in [-0.1, -0.05) is 42.4 Å². The average molecular weight is 557 g/mol. The maximum absolute atomic E-state index is 13.1. The van der Waals surface area contributed by atoms with Crippen LogP contribution in [0.5, 0.6) is 0 Å². The van der Waals surface area contributed by atoms with Crippen LogP contribution in [-0.4, -0.2) is 73.8 Å². The summed E-state index contributed by atoms with van der Waals surface area (Å²) in [5.74, 6) is -1.33. The molecule has 0 aromatic heterocycles. The Hall–Kier alpha value is -2.75. The molecule has 5 aliphatic rings. The molecule has 2 aliphatic carbocycles. The highest BCUT2D eigenvalue weighted by molar-refractivity contribution is 5.83. The van der Waals surface area contributed by atoms with Gasteiger partial charge in [-0.05, 0) is 40.0 Å². The van der Waals surface area contributed by atoms with Crippen LogP contribution in [0.4, 0.5) is 0 Å². The molecule has 0 amide bonds. The second-order valence-electron chi connectivity index (χ2n) is 12.0. The molecule has 0 radical (unpaired) electrons. The summed E-state index contributed by atoms with van der Waals surface area (Å²) in [6, 6.07) is 0. The first-order valence-electron chi connectivity index (χ1n) is 14.2. The van der Waals surface area contributed by atoms with Gasteiger partial charge >= 0.3 is 17.9 Å². The monoisotopic (exact) mass is 556 g/mol. The van der Waals surface area contributed by atoms with E-state index >= 15 is 0 Å². The van der Waals surface area contributed by atoms with Crippen molar-refractivity contribution in [2.45, 2.75) is 96.4 Å². The van der Waals surface area contributed by atoms with Crippen molar-refractivity contribution in [3.63, 3.8) is 0 Å². The molecule has 40 heavy (non-hydrogen) atoms. The largest absolute Gasteiger partial charge is 0.462 e. The van der Waals surface area contributed by atoms with E-state index in [1.807, 2.05) is 6.92 Å². The Morgan fingerprint density at radius 3 is 2.58 bits per heavy atom. The lowest BCUT2D eigenvalue weighted by Gasteiger charge is -2.58. The number of allylic oxidation sites excluding steroid dienone is 3. The van der Waals surface area contributed by atoms with Gasteiger partial charge in [0.2, 0.25) is 0 Å². The molecule has 9 nitrogen and oxygen atoms in total. The van der Waals surface area contributed by atoms with Gasteiger partial charge in [-0.2, -0.15) is 0 Å². The fourth-order valence-corrected chi connectivity index (χ4v) is 7.17. The zero-order valence-corrected chi connectivity index (χ0v) is 24.0. The van der Waals surface area contributed by atoms with Gasteiger partial charge in [0.15, 0.2) is 0 Å². The van der Waals surface area contributed by atoms with Crippen molar-refractivity contribution >= 4 is 17.9 Å². The van der Waals surface area contributed by atoms with Crippen LogP contribution in [0.3, 0.4) is 0 Å². The van der Waals surface area contributed by atoms with Crippen LogP contribution in [-0.2, 0) is 42.8 Å². The first kappa shape index (κ1) is 28.8. The van der Waals surface area contributed by atoms with Gasteiger partial charge in [0.05, 0.1) is 30.8 Å². The first-order chi connectivity index (χ1) is 19.0. The van der Waals surface area contributed by atoms with E-state index in [0.717, 1.165) is 18.4 Å². The normalized spacial score (nSPS) is 40.5. The fraction of sp³-hybridized carbons (Fsp3) is 0.645. The Balaban J connectivity index is 1.47. The minimum atomic E-state index is -0.618. The van der Waals surface area contributed by atoms with Gasteiger partial charge in [0, 0.05) is 30.9 Å². The third-order valence-corrected chi connectivity index (χ3v) is 9.58. The summed E-state index contributed by atoms with van der Waals surface area (Å²) in [5, 5.41) is 0. The summed E-state index contributed by atoms with van der Waals surface area (Å²) in [6.45, 7) is 10.1. The van der Waals surface area contributed by atoms with Crippen molar-refractivity contribution in [2.75, 3.05) is 19.8 Å². The van der Waals surface area contributed by atoms with Crippen LogP contribution in [0.25, 0.3) is 0 Å². The van der Waals surface area contributed by atoms with Gasteiger partial charge in [-0.25, -0.2) is 9.59 Å². The summed E-state index contributed by atoms with van der Waals surface area (Å²) in [4.78, 5) is 37.6. The zero-order chi connectivity index (χ0) is 28.7. The number of esters is 3. The van der Waals surface area contributed by atoms with Gasteiger partial charge in [-0.15, -0.1) is 0 Å². The van der Waals surface area contributed by atoms with Crippen molar-refractivity contribution < 1.29 is 42.8 Å². The smallest absolute Gasteiger partial charge is 0.331 e. The average Bonchev–Trinajstić information content (AvgIpc) is 3.66. The van der Waals surface area contributed by atoms with Gasteiger partial charge in [0.25, 0.3) is 0 Å². The topological polar surface area (TPSA) is 110 Å². The molecule has 0 unspecified atom stereocenters. The molecular weight excluding hydrogens is 516 g/mol. The summed E-state index contributed by atoms with van der Waals surface area (Å²) in [6.07, 6.45) is 10.5. The van der Waals surface area contributed by atoms with E-state index in [4.69, 9.17) is 28.4 Å². The minimum absolute atomic E-state index is 0.128. The van der Waals surface area contributed by atoms with E-state index in [-0.39, 0.29) is 18.8 Å². The standard InChI is InChI=1S/C31H40O9/c1-19-10-12-30-17-36-28(34)15-20(2)11-13-35-23(21(3)38-22(4)32)8-6-7-9-27(33)40-24-16-26(39-25(30)14-19)31(18-37-31)29(24,30)5/h6-9,14-15,21,23-26H,10-13,16-18H2,1-5H3/t21-,23-,24-,25-,26-,29-,30-,31+/m1/s1. The van der Waals surface area contributed by atoms with Crippen LogP contribution in [0, 0.1) is 10.8 Å². The molecule has 0 aromatic rings. The molecule has 8 atom stereocenters. The Morgan fingerprint density at radius 1 is 1.07 bits per heavy atom.